The van der Waals surface area contributed by atoms with E-state index in [1.807, 2.05) is 0 Å². The normalized spacial score (nSPS) is 13.6. The van der Waals surface area contributed by atoms with Gasteiger partial charge in [-0.05, 0) is 69.3 Å². The second-order valence-corrected chi connectivity index (χ2v) is 14.0. The number of nitrogens with zero attached hydrogens (tertiary/aromatic N) is 2. The zero-order valence-corrected chi connectivity index (χ0v) is 27.7. The fourth-order valence-electron chi connectivity index (χ4n) is 9.91. The molecule has 0 radical (unpaired) electrons. The summed E-state index contributed by atoms with van der Waals surface area (Å²) < 4.78 is 5.10. The third-order valence-corrected chi connectivity index (χ3v) is 11.7. The Kier molecular flexibility index (Phi) is 5.20. The molecule has 0 unspecified atom stereocenters. The predicted molar refractivity (Wildman–Crippen MR) is 211 cm³/mol. The van der Waals surface area contributed by atoms with Gasteiger partial charge in [0.15, 0.2) is 0 Å². The van der Waals surface area contributed by atoms with E-state index in [0.29, 0.717) is 0 Å². The van der Waals surface area contributed by atoms with E-state index in [-0.39, 0.29) is 0 Å². The molecule has 0 fully saturated rings. The molecule has 8 aromatic carbocycles. The van der Waals surface area contributed by atoms with E-state index < -0.39 is 5.41 Å². The molecule has 0 atom stereocenters. The summed E-state index contributed by atoms with van der Waals surface area (Å²) in [6.07, 6.45) is 0. The Bertz CT molecular complexity index is 2930. The van der Waals surface area contributed by atoms with Gasteiger partial charge in [0, 0.05) is 27.1 Å². The summed E-state index contributed by atoms with van der Waals surface area (Å²) in [6.45, 7) is 0. The van der Waals surface area contributed by atoms with Crippen LogP contribution in [-0.4, -0.2) is 9.13 Å². The number of aromatic nitrogens is 2. The summed E-state index contributed by atoms with van der Waals surface area (Å²) in [5, 5.41) is 5.04. The van der Waals surface area contributed by atoms with Crippen molar-refractivity contribution < 1.29 is 0 Å². The Morgan fingerprint density at radius 1 is 0.294 bits per heavy atom. The van der Waals surface area contributed by atoms with Crippen molar-refractivity contribution in [3.8, 4) is 33.6 Å². The van der Waals surface area contributed by atoms with Crippen LogP contribution in [0.15, 0.2) is 182 Å². The van der Waals surface area contributed by atoms with E-state index in [4.69, 9.17) is 0 Å². The lowest BCUT2D eigenvalue weighted by molar-refractivity contribution is 0.784. The number of hydrogen-bond donors (Lipinski definition) is 0. The summed E-state index contributed by atoms with van der Waals surface area (Å²) in [4.78, 5) is 0. The van der Waals surface area contributed by atoms with Gasteiger partial charge in [0.2, 0.25) is 0 Å². The molecule has 2 heteroatoms. The van der Waals surface area contributed by atoms with Crippen molar-refractivity contribution >= 4 is 43.6 Å². The molecule has 2 aliphatic rings. The summed E-state index contributed by atoms with van der Waals surface area (Å²) in [5.41, 5.74) is 17.3. The van der Waals surface area contributed by atoms with Gasteiger partial charge in [0.1, 0.15) is 0 Å². The molecular weight excluding hydrogens is 617 g/mol. The lowest BCUT2D eigenvalue weighted by Crippen LogP contribution is -2.28. The highest BCUT2D eigenvalue weighted by atomic mass is 15.1. The van der Waals surface area contributed by atoms with Gasteiger partial charge in [-0.1, -0.05) is 152 Å². The second kappa shape index (κ2) is 9.74. The zero-order valence-electron chi connectivity index (χ0n) is 27.7. The lowest BCUT2D eigenvalue weighted by Gasteiger charge is -2.33. The van der Waals surface area contributed by atoms with Crippen molar-refractivity contribution in [2.45, 2.75) is 5.41 Å². The first-order valence-electron chi connectivity index (χ1n) is 17.8. The summed E-state index contributed by atoms with van der Waals surface area (Å²) in [7, 11) is 0. The fraction of sp³-hybridized carbons (Fsp3) is 0.0204. The van der Waals surface area contributed by atoms with Gasteiger partial charge >= 0.3 is 0 Å². The first-order chi connectivity index (χ1) is 25.4. The molecule has 0 aliphatic heterocycles. The Morgan fingerprint density at radius 2 is 0.647 bits per heavy atom. The van der Waals surface area contributed by atoms with Crippen molar-refractivity contribution in [1.29, 1.82) is 0 Å². The maximum Gasteiger partial charge on any atom is 0.0757 e. The number of para-hydroxylation sites is 4. The highest BCUT2D eigenvalue weighted by Gasteiger charge is 2.53. The molecule has 0 amide bonds. The standard InChI is InChI=1S/C49H30N2/c1-8-22-39-31(15-1)32-16-2-9-23-40(32)49(39)41-24-10-3-17-33(41)38-29-30-46(50-42-25-11-4-18-34(42)35-19-5-12-26-43(35)50)48(47(38)49)51-44-27-13-6-20-36(44)37-21-7-14-28-45(37)51/h1-30H. The second-order valence-electron chi connectivity index (χ2n) is 14.0. The number of hydrogen-bond acceptors (Lipinski definition) is 0. The molecule has 12 rings (SSSR count). The molecule has 2 nitrogen and oxygen atoms in total. The minimum Gasteiger partial charge on any atom is -0.307 e. The van der Waals surface area contributed by atoms with Gasteiger partial charge in [-0.3, -0.25) is 0 Å². The molecule has 0 saturated carbocycles. The smallest absolute Gasteiger partial charge is 0.0757 e. The monoisotopic (exact) mass is 646 g/mol. The molecule has 0 bridgehead atoms. The topological polar surface area (TPSA) is 9.86 Å². The van der Waals surface area contributed by atoms with E-state index in [1.54, 1.807) is 0 Å². The van der Waals surface area contributed by atoms with Crippen LogP contribution in [0.2, 0.25) is 0 Å². The minimum absolute atomic E-state index is 0.518. The van der Waals surface area contributed by atoms with Gasteiger partial charge in [0.05, 0.1) is 38.9 Å². The number of rotatable bonds is 2. The summed E-state index contributed by atoms with van der Waals surface area (Å²) >= 11 is 0. The SMILES string of the molecule is c1ccc2c(c1)-c1ccccc1C21c2ccccc2-c2ccc(-n3c4ccccc4c4ccccc43)c(-n3c4ccccc4c4ccccc43)c21. The van der Waals surface area contributed by atoms with Crippen LogP contribution in [0.25, 0.3) is 77.2 Å². The highest BCUT2D eigenvalue weighted by Crippen LogP contribution is 2.64. The molecule has 51 heavy (non-hydrogen) atoms. The van der Waals surface area contributed by atoms with Crippen molar-refractivity contribution in [3.63, 3.8) is 0 Å². The molecule has 0 saturated heterocycles. The third kappa shape index (κ3) is 3.24. The van der Waals surface area contributed by atoms with Crippen LogP contribution in [0.4, 0.5) is 0 Å². The first-order valence-corrected chi connectivity index (χ1v) is 17.8. The molecule has 2 aromatic heterocycles. The van der Waals surface area contributed by atoms with Gasteiger partial charge in [-0.15, -0.1) is 0 Å². The van der Waals surface area contributed by atoms with Crippen molar-refractivity contribution in [2.24, 2.45) is 0 Å². The Morgan fingerprint density at radius 3 is 1.10 bits per heavy atom. The predicted octanol–water partition coefficient (Wildman–Crippen LogP) is 12.2. The maximum atomic E-state index is 2.58. The van der Waals surface area contributed by atoms with Crippen LogP contribution in [0.5, 0.6) is 0 Å². The van der Waals surface area contributed by atoms with Gasteiger partial charge in [0.25, 0.3) is 0 Å². The van der Waals surface area contributed by atoms with E-state index in [2.05, 4.69) is 191 Å². The molecular formula is C49H30N2. The Labute approximate surface area is 295 Å². The van der Waals surface area contributed by atoms with E-state index >= 15 is 0 Å². The van der Waals surface area contributed by atoms with Crippen LogP contribution in [-0.2, 0) is 5.41 Å². The van der Waals surface area contributed by atoms with Gasteiger partial charge in [-0.25, -0.2) is 0 Å². The van der Waals surface area contributed by atoms with E-state index in [9.17, 15) is 0 Å². The zero-order chi connectivity index (χ0) is 33.3. The molecule has 236 valence electrons. The van der Waals surface area contributed by atoms with Crippen molar-refractivity contribution in [1.82, 2.24) is 9.13 Å². The van der Waals surface area contributed by atoms with Crippen LogP contribution in [0.1, 0.15) is 22.3 Å². The minimum atomic E-state index is -0.518. The van der Waals surface area contributed by atoms with Crippen LogP contribution >= 0.6 is 0 Å². The molecule has 1 spiro atoms. The summed E-state index contributed by atoms with van der Waals surface area (Å²) in [5.74, 6) is 0. The maximum absolute atomic E-state index is 2.58. The van der Waals surface area contributed by atoms with Gasteiger partial charge < -0.3 is 9.13 Å². The average molecular weight is 647 g/mol. The van der Waals surface area contributed by atoms with Crippen LogP contribution in [0, 0.1) is 0 Å². The van der Waals surface area contributed by atoms with Gasteiger partial charge in [-0.2, -0.15) is 0 Å². The quantitative estimate of drug-likeness (QED) is 0.177. The van der Waals surface area contributed by atoms with Crippen LogP contribution < -0.4 is 0 Å². The highest BCUT2D eigenvalue weighted by molar-refractivity contribution is 6.12. The number of fused-ring (bicyclic) bond motifs is 16. The largest absolute Gasteiger partial charge is 0.307 e. The van der Waals surface area contributed by atoms with E-state index in [1.165, 1.54) is 99.5 Å². The molecule has 2 aliphatic carbocycles. The Hall–Kier alpha value is -6.64. The molecule has 10 aromatic rings. The van der Waals surface area contributed by atoms with E-state index in [0.717, 1.165) is 0 Å². The van der Waals surface area contributed by atoms with Crippen molar-refractivity contribution in [3.05, 3.63) is 204 Å². The van der Waals surface area contributed by atoms with Crippen molar-refractivity contribution in [2.75, 3.05) is 0 Å². The van der Waals surface area contributed by atoms with Crippen LogP contribution in [0.3, 0.4) is 0 Å². The fourth-order valence-corrected chi connectivity index (χ4v) is 9.91. The molecule has 0 N–H and O–H groups in total. The third-order valence-electron chi connectivity index (χ3n) is 11.7. The molecule has 2 heterocycles. The lowest BCUT2D eigenvalue weighted by atomic mass is 9.70. The number of benzene rings is 8. The first kappa shape index (κ1) is 27.2. The summed E-state index contributed by atoms with van der Waals surface area (Å²) in [6, 6.07) is 67.8. The average Bonchev–Trinajstić information content (AvgIpc) is 3.90. The Balaban J connectivity index is 1.37.